The average molecular weight is 342 g/mol. The first kappa shape index (κ1) is 17.6. The molecule has 2 aliphatic rings. The number of Topliss-reactive ketones (excluding diaryl/α,β-unsaturated/α-hetero) is 1. The van der Waals surface area contributed by atoms with Gasteiger partial charge in [0.25, 0.3) is 0 Å². The van der Waals surface area contributed by atoms with Crippen LogP contribution in [0.3, 0.4) is 0 Å². The zero-order valence-electron chi connectivity index (χ0n) is 15.6. The van der Waals surface area contributed by atoms with Crippen molar-refractivity contribution >= 4 is 11.8 Å². The van der Waals surface area contributed by atoms with Crippen LogP contribution in [0.15, 0.2) is 17.8 Å². The molecule has 0 radical (unpaired) electrons. The van der Waals surface area contributed by atoms with Gasteiger partial charge in [-0.3, -0.25) is 9.78 Å². The maximum atomic E-state index is 12.6. The van der Waals surface area contributed by atoms with Crippen LogP contribution in [-0.4, -0.2) is 34.3 Å². The molecule has 0 amide bonds. The number of aromatic nitrogens is 1. The van der Waals surface area contributed by atoms with Gasteiger partial charge in [0.05, 0.1) is 12.6 Å². The van der Waals surface area contributed by atoms with Crippen molar-refractivity contribution in [2.24, 2.45) is 5.92 Å². The summed E-state index contributed by atoms with van der Waals surface area (Å²) in [7, 11) is 0. The lowest BCUT2D eigenvalue weighted by molar-refractivity contribution is -0.140. The summed E-state index contributed by atoms with van der Waals surface area (Å²) in [6.07, 6.45) is 2.85. The molecule has 5 heteroatoms. The van der Waals surface area contributed by atoms with Crippen LogP contribution >= 0.6 is 0 Å². The third-order valence-electron chi connectivity index (χ3n) is 5.31. The number of aryl methyl sites for hydroxylation is 2. The van der Waals surface area contributed by atoms with Gasteiger partial charge in [-0.25, -0.2) is 4.79 Å². The third kappa shape index (κ3) is 3.08. The maximum Gasteiger partial charge on any atom is 0.343 e. The number of hydrogen-bond donors (Lipinski definition) is 0. The smallest absolute Gasteiger partial charge is 0.343 e. The Morgan fingerprint density at radius 3 is 2.72 bits per heavy atom. The van der Waals surface area contributed by atoms with Gasteiger partial charge in [-0.1, -0.05) is 19.9 Å². The van der Waals surface area contributed by atoms with Crippen LogP contribution < -0.4 is 0 Å². The summed E-state index contributed by atoms with van der Waals surface area (Å²) in [6, 6.07) is 2.32. The minimum atomic E-state index is -0.516. The highest BCUT2D eigenvalue weighted by Crippen LogP contribution is 2.41. The highest BCUT2D eigenvalue weighted by molar-refractivity contribution is 6.17. The van der Waals surface area contributed by atoms with Gasteiger partial charge in [-0.15, -0.1) is 0 Å². The molecule has 0 bridgehead atoms. The van der Waals surface area contributed by atoms with E-state index in [0.29, 0.717) is 12.3 Å². The number of ether oxygens (including phenoxy) is 1. The molecule has 0 fully saturated rings. The van der Waals surface area contributed by atoms with Gasteiger partial charge in [-0.2, -0.15) is 0 Å². The highest BCUT2D eigenvalue weighted by atomic mass is 16.5. The second-order valence-corrected chi connectivity index (χ2v) is 7.30. The number of carbonyl (C=O) groups excluding carboxylic acids is 2. The normalized spacial score (nSPS) is 22.4. The fourth-order valence-electron chi connectivity index (χ4n) is 3.79. The predicted molar refractivity (Wildman–Crippen MR) is 95.0 cm³/mol. The Morgan fingerprint density at radius 1 is 1.36 bits per heavy atom. The molecule has 134 valence electrons. The Kier molecular flexibility index (Phi) is 4.67. The fourth-order valence-corrected chi connectivity index (χ4v) is 3.79. The van der Waals surface area contributed by atoms with Gasteiger partial charge in [-0.05, 0) is 37.8 Å². The molecule has 1 unspecified atom stereocenters. The summed E-state index contributed by atoms with van der Waals surface area (Å²) >= 11 is 0. The van der Waals surface area contributed by atoms with E-state index in [9.17, 15) is 9.59 Å². The molecule has 3 heterocycles. The lowest BCUT2D eigenvalue weighted by Crippen LogP contribution is -2.47. The summed E-state index contributed by atoms with van der Waals surface area (Å²) in [6.45, 7) is 10.4. The molecular weight excluding hydrogens is 316 g/mol. The van der Waals surface area contributed by atoms with Crippen LogP contribution in [0.25, 0.3) is 0 Å². The molecule has 5 nitrogen and oxygen atoms in total. The minimum absolute atomic E-state index is 0.0476. The van der Waals surface area contributed by atoms with Crippen LogP contribution in [0.4, 0.5) is 0 Å². The second-order valence-electron chi connectivity index (χ2n) is 7.30. The Balaban J connectivity index is 2.08. The number of pyridine rings is 1. The average Bonchev–Trinajstić information content (AvgIpc) is 2.55. The van der Waals surface area contributed by atoms with E-state index in [-0.39, 0.29) is 30.0 Å². The first-order chi connectivity index (χ1) is 11.8. The van der Waals surface area contributed by atoms with E-state index in [0.717, 1.165) is 28.9 Å². The Morgan fingerprint density at radius 2 is 2.08 bits per heavy atom. The van der Waals surface area contributed by atoms with E-state index in [1.807, 2.05) is 13.8 Å². The number of carbonyl (C=O) groups is 2. The first-order valence-corrected chi connectivity index (χ1v) is 9.00. The molecule has 0 aliphatic carbocycles. The van der Waals surface area contributed by atoms with Crippen LogP contribution in [0.2, 0.25) is 0 Å². The molecule has 0 spiro atoms. The predicted octanol–water partition coefficient (Wildman–Crippen LogP) is 3.04. The lowest BCUT2D eigenvalue weighted by atomic mass is 9.81. The van der Waals surface area contributed by atoms with Crippen molar-refractivity contribution in [2.45, 2.75) is 59.5 Å². The number of fused-ring (bicyclic) bond motifs is 3. The maximum absolute atomic E-state index is 12.6. The van der Waals surface area contributed by atoms with Crippen molar-refractivity contribution in [3.63, 3.8) is 0 Å². The number of nitrogens with zero attached hydrogens (tertiary/aromatic N) is 2. The van der Waals surface area contributed by atoms with Gasteiger partial charge >= 0.3 is 5.97 Å². The monoisotopic (exact) mass is 342 g/mol. The molecule has 2 aliphatic heterocycles. The summed E-state index contributed by atoms with van der Waals surface area (Å²) < 4.78 is 5.06. The summed E-state index contributed by atoms with van der Waals surface area (Å²) in [5, 5.41) is 0. The van der Waals surface area contributed by atoms with Crippen molar-refractivity contribution in [1.29, 1.82) is 0 Å². The zero-order chi connectivity index (χ0) is 18.3. The number of hydrogen-bond acceptors (Lipinski definition) is 5. The highest BCUT2D eigenvalue weighted by Gasteiger charge is 2.41. The molecule has 0 N–H and O–H groups in total. The molecule has 0 saturated carbocycles. The number of esters is 1. The molecule has 2 atom stereocenters. The van der Waals surface area contributed by atoms with Crippen LogP contribution in [0.5, 0.6) is 0 Å². The van der Waals surface area contributed by atoms with Gasteiger partial charge in [0.15, 0.2) is 5.78 Å². The third-order valence-corrected chi connectivity index (χ3v) is 5.31. The van der Waals surface area contributed by atoms with Crippen LogP contribution in [0, 0.1) is 19.8 Å². The second kappa shape index (κ2) is 6.62. The Labute approximate surface area is 149 Å². The van der Waals surface area contributed by atoms with Crippen molar-refractivity contribution in [2.75, 3.05) is 6.61 Å². The minimum Gasteiger partial charge on any atom is -0.462 e. The van der Waals surface area contributed by atoms with Crippen molar-refractivity contribution < 1.29 is 14.3 Å². The summed E-state index contributed by atoms with van der Waals surface area (Å²) in [5.41, 5.74) is 4.55. The van der Waals surface area contributed by atoms with Gasteiger partial charge < -0.3 is 9.64 Å². The fraction of sp³-hybridized carbons (Fsp3) is 0.550. The quantitative estimate of drug-likeness (QED) is 0.624. The van der Waals surface area contributed by atoms with Crippen molar-refractivity contribution in [3.8, 4) is 0 Å². The van der Waals surface area contributed by atoms with Crippen LogP contribution in [-0.2, 0) is 20.7 Å². The van der Waals surface area contributed by atoms with Gasteiger partial charge in [0.1, 0.15) is 5.57 Å². The number of ketones is 1. The SMILES string of the molecule is CCOC(=O)C1=CN2C(C(C)C)Cc3nc(C)c(C)cc3[C@H]2CC1=O. The van der Waals surface area contributed by atoms with Gasteiger partial charge in [0.2, 0.25) is 0 Å². The van der Waals surface area contributed by atoms with Crippen molar-refractivity contribution in [3.05, 3.63) is 40.4 Å². The van der Waals surface area contributed by atoms with Gasteiger partial charge in [0, 0.05) is 36.5 Å². The van der Waals surface area contributed by atoms with Crippen molar-refractivity contribution in [1.82, 2.24) is 9.88 Å². The number of rotatable bonds is 3. The zero-order valence-corrected chi connectivity index (χ0v) is 15.6. The molecule has 1 aromatic heterocycles. The molecule has 0 saturated heterocycles. The van der Waals surface area contributed by atoms with E-state index in [4.69, 9.17) is 9.72 Å². The molecule has 3 rings (SSSR count). The van der Waals surface area contributed by atoms with E-state index in [2.05, 4.69) is 24.8 Å². The molecule has 25 heavy (non-hydrogen) atoms. The van der Waals surface area contributed by atoms with Crippen LogP contribution in [0.1, 0.15) is 55.7 Å². The topological polar surface area (TPSA) is 59.5 Å². The molecule has 1 aromatic rings. The first-order valence-electron chi connectivity index (χ1n) is 9.00. The Bertz CT molecular complexity index is 752. The Hall–Kier alpha value is -2.17. The summed E-state index contributed by atoms with van der Waals surface area (Å²) in [5.74, 6) is -0.280. The molecule has 0 aromatic carbocycles. The largest absolute Gasteiger partial charge is 0.462 e. The van der Waals surface area contributed by atoms with E-state index in [1.165, 1.54) is 0 Å². The van der Waals surface area contributed by atoms with E-state index in [1.54, 1.807) is 13.1 Å². The molecular formula is C20H26N2O3. The summed E-state index contributed by atoms with van der Waals surface area (Å²) in [4.78, 5) is 31.7. The van der Waals surface area contributed by atoms with E-state index >= 15 is 0 Å². The standard InChI is InChI=1S/C20H26N2O3/c1-6-25-20(24)15-10-22-17(11(2)3)8-16-14(18(22)9-19(15)23)7-12(4)13(5)21-16/h7,10-11,17-18H,6,8-9H2,1-5H3/t17?,18-/m1/s1. The van der Waals surface area contributed by atoms with E-state index < -0.39 is 5.97 Å². The lowest BCUT2D eigenvalue weighted by Gasteiger charge is -2.46.